The van der Waals surface area contributed by atoms with E-state index in [-0.39, 0.29) is 18.6 Å². The van der Waals surface area contributed by atoms with Crippen molar-refractivity contribution in [3.63, 3.8) is 0 Å². The predicted octanol–water partition coefficient (Wildman–Crippen LogP) is 4.78. The highest BCUT2D eigenvalue weighted by Gasteiger charge is 2.29. The minimum atomic E-state index is 0.0667. The SMILES string of the molecule is CNCc1c(CCCO)cccc1[C@H]1CC[C@H](N(C)C(=O)c2ccc(Cl)cc2)CC1. The molecule has 3 rings (SSSR count). The molecule has 162 valence electrons. The van der Waals surface area contributed by atoms with Crippen LogP contribution in [0.15, 0.2) is 42.5 Å². The monoisotopic (exact) mass is 428 g/mol. The van der Waals surface area contributed by atoms with Crippen molar-refractivity contribution in [2.75, 3.05) is 20.7 Å². The smallest absolute Gasteiger partial charge is 0.253 e. The molecule has 0 aromatic heterocycles. The molecule has 0 heterocycles. The van der Waals surface area contributed by atoms with Crippen molar-refractivity contribution >= 4 is 17.5 Å². The molecule has 30 heavy (non-hydrogen) atoms. The van der Waals surface area contributed by atoms with Crippen LogP contribution in [0.25, 0.3) is 0 Å². The number of amides is 1. The molecule has 1 saturated carbocycles. The van der Waals surface area contributed by atoms with Crippen molar-refractivity contribution in [2.45, 2.75) is 57.0 Å². The Morgan fingerprint density at radius 3 is 2.47 bits per heavy atom. The Hall–Kier alpha value is -1.88. The Morgan fingerprint density at radius 1 is 1.13 bits per heavy atom. The summed E-state index contributed by atoms with van der Waals surface area (Å²) in [5, 5.41) is 13.2. The number of hydrogen-bond donors (Lipinski definition) is 2. The first-order valence-corrected chi connectivity index (χ1v) is 11.3. The van der Waals surface area contributed by atoms with Crippen LogP contribution in [0, 0.1) is 0 Å². The number of aliphatic hydroxyl groups excluding tert-OH is 1. The van der Waals surface area contributed by atoms with E-state index in [1.807, 2.05) is 19.0 Å². The van der Waals surface area contributed by atoms with Gasteiger partial charge in [0, 0.05) is 36.8 Å². The Labute approximate surface area is 185 Å². The maximum atomic E-state index is 12.8. The molecule has 0 saturated heterocycles. The molecule has 2 aromatic rings. The van der Waals surface area contributed by atoms with Crippen LogP contribution in [-0.4, -0.2) is 42.7 Å². The number of benzene rings is 2. The molecule has 2 N–H and O–H groups in total. The Morgan fingerprint density at radius 2 is 1.83 bits per heavy atom. The maximum Gasteiger partial charge on any atom is 0.253 e. The van der Waals surface area contributed by atoms with Gasteiger partial charge < -0.3 is 15.3 Å². The van der Waals surface area contributed by atoms with Gasteiger partial charge in [-0.2, -0.15) is 0 Å². The van der Waals surface area contributed by atoms with Crippen LogP contribution in [-0.2, 0) is 13.0 Å². The van der Waals surface area contributed by atoms with Gasteiger partial charge in [0.15, 0.2) is 0 Å². The highest BCUT2D eigenvalue weighted by Crippen LogP contribution is 2.37. The topological polar surface area (TPSA) is 52.6 Å². The summed E-state index contributed by atoms with van der Waals surface area (Å²) in [6.07, 6.45) is 5.91. The van der Waals surface area contributed by atoms with Crippen LogP contribution in [0.2, 0.25) is 5.02 Å². The lowest BCUT2D eigenvalue weighted by Gasteiger charge is -2.36. The Kier molecular flexibility index (Phi) is 8.32. The normalized spacial score (nSPS) is 18.9. The summed E-state index contributed by atoms with van der Waals surface area (Å²) in [4.78, 5) is 14.8. The second kappa shape index (κ2) is 10.9. The van der Waals surface area contributed by atoms with Crippen LogP contribution < -0.4 is 5.32 Å². The van der Waals surface area contributed by atoms with E-state index < -0.39 is 0 Å². The number of hydrogen-bond acceptors (Lipinski definition) is 3. The number of carbonyl (C=O) groups excluding carboxylic acids is 1. The molecule has 2 aromatic carbocycles. The third kappa shape index (κ3) is 5.42. The van der Waals surface area contributed by atoms with E-state index in [4.69, 9.17) is 11.6 Å². The Balaban J connectivity index is 1.67. The predicted molar refractivity (Wildman–Crippen MR) is 123 cm³/mol. The van der Waals surface area contributed by atoms with Gasteiger partial charge in [-0.1, -0.05) is 29.8 Å². The van der Waals surface area contributed by atoms with Crippen molar-refractivity contribution in [3.8, 4) is 0 Å². The van der Waals surface area contributed by atoms with E-state index in [0.717, 1.165) is 45.1 Å². The number of aliphatic hydroxyl groups is 1. The fourth-order valence-corrected chi connectivity index (χ4v) is 4.80. The number of halogens is 1. The van der Waals surface area contributed by atoms with E-state index in [1.165, 1.54) is 16.7 Å². The lowest BCUT2D eigenvalue weighted by molar-refractivity contribution is 0.0689. The molecule has 0 bridgehead atoms. The van der Waals surface area contributed by atoms with Gasteiger partial charge in [-0.25, -0.2) is 0 Å². The average Bonchev–Trinajstić information content (AvgIpc) is 2.78. The van der Waals surface area contributed by atoms with Crippen molar-refractivity contribution in [3.05, 3.63) is 69.7 Å². The number of carbonyl (C=O) groups is 1. The zero-order chi connectivity index (χ0) is 21.5. The first-order valence-electron chi connectivity index (χ1n) is 10.9. The summed E-state index contributed by atoms with van der Waals surface area (Å²) in [6, 6.07) is 14.0. The van der Waals surface area contributed by atoms with E-state index in [1.54, 1.807) is 24.3 Å². The Bertz CT molecular complexity index is 830. The molecule has 0 unspecified atom stereocenters. The summed E-state index contributed by atoms with van der Waals surface area (Å²) in [5.74, 6) is 0.592. The van der Waals surface area contributed by atoms with Crippen LogP contribution in [0.4, 0.5) is 0 Å². The fourth-order valence-electron chi connectivity index (χ4n) is 4.67. The van der Waals surface area contributed by atoms with Crippen molar-refractivity contribution in [1.82, 2.24) is 10.2 Å². The largest absolute Gasteiger partial charge is 0.396 e. The molecule has 5 heteroatoms. The van der Waals surface area contributed by atoms with Gasteiger partial charge in [-0.15, -0.1) is 0 Å². The summed E-state index contributed by atoms with van der Waals surface area (Å²) < 4.78 is 0. The third-order valence-corrected chi connectivity index (χ3v) is 6.61. The highest BCUT2D eigenvalue weighted by molar-refractivity contribution is 6.30. The van der Waals surface area contributed by atoms with Crippen molar-refractivity contribution in [1.29, 1.82) is 0 Å². The zero-order valence-corrected chi connectivity index (χ0v) is 18.8. The van der Waals surface area contributed by atoms with Crippen molar-refractivity contribution in [2.24, 2.45) is 0 Å². The number of rotatable bonds is 8. The zero-order valence-electron chi connectivity index (χ0n) is 18.0. The van der Waals surface area contributed by atoms with Gasteiger partial charge in [0.25, 0.3) is 5.91 Å². The van der Waals surface area contributed by atoms with Gasteiger partial charge in [0.2, 0.25) is 0 Å². The van der Waals surface area contributed by atoms with Crippen LogP contribution in [0.1, 0.15) is 65.1 Å². The van der Waals surface area contributed by atoms with Crippen molar-refractivity contribution < 1.29 is 9.90 Å². The molecule has 0 spiro atoms. The summed E-state index contributed by atoms with van der Waals surface area (Å²) in [5.41, 5.74) is 4.86. The molecule has 1 aliphatic rings. The summed E-state index contributed by atoms with van der Waals surface area (Å²) in [7, 11) is 3.91. The van der Waals surface area contributed by atoms with Gasteiger partial charge in [-0.3, -0.25) is 4.79 Å². The average molecular weight is 429 g/mol. The molecule has 1 aliphatic carbocycles. The fraction of sp³-hybridized carbons (Fsp3) is 0.480. The number of nitrogens with zero attached hydrogens (tertiary/aromatic N) is 1. The van der Waals surface area contributed by atoms with E-state index >= 15 is 0 Å². The van der Waals surface area contributed by atoms with E-state index in [0.29, 0.717) is 16.5 Å². The molecule has 1 amide bonds. The number of aryl methyl sites for hydroxylation is 1. The number of nitrogens with one attached hydrogen (secondary N) is 1. The standard InChI is InChI=1S/C25H33ClN2O2/c1-27-17-24-18(6-4-16-29)5-3-7-23(24)19-10-14-22(15-11-19)28(2)25(30)20-8-12-21(26)13-9-20/h3,5,7-9,12-13,19,22,27,29H,4,6,10-11,14-17H2,1-2H3/t19-,22-. The van der Waals surface area contributed by atoms with Gasteiger partial charge in [0.05, 0.1) is 0 Å². The van der Waals surface area contributed by atoms with Crippen LogP contribution in [0.5, 0.6) is 0 Å². The van der Waals surface area contributed by atoms with E-state index in [2.05, 4.69) is 23.5 Å². The first kappa shape index (κ1) is 22.8. The molecule has 1 fully saturated rings. The molecular weight excluding hydrogens is 396 g/mol. The molecule has 0 atom stereocenters. The second-order valence-corrected chi connectivity index (χ2v) is 8.71. The molecule has 0 aliphatic heterocycles. The summed E-state index contributed by atoms with van der Waals surface area (Å²) in [6.45, 7) is 1.08. The minimum absolute atomic E-state index is 0.0667. The molecule has 0 radical (unpaired) electrons. The summed E-state index contributed by atoms with van der Waals surface area (Å²) >= 11 is 5.95. The quantitative estimate of drug-likeness (QED) is 0.636. The van der Waals surface area contributed by atoms with Crippen LogP contribution in [0.3, 0.4) is 0 Å². The molecule has 4 nitrogen and oxygen atoms in total. The lowest BCUT2D eigenvalue weighted by atomic mass is 9.78. The van der Waals surface area contributed by atoms with Gasteiger partial charge >= 0.3 is 0 Å². The molecular formula is C25H33ClN2O2. The first-order chi connectivity index (χ1) is 14.5. The third-order valence-electron chi connectivity index (χ3n) is 6.36. The van der Waals surface area contributed by atoms with Gasteiger partial charge in [-0.05, 0) is 92.4 Å². The van der Waals surface area contributed by atoms with E-state index in [9.17, 15) is 9.90 Å². The second-order valence-electron chi connectivity index (χ2n) is 8.27. The highest BCUT2D eigenvalue weighted by atomic mass is 35.5. The lowest BCUT2D eigenvalue weighted by Crippen LogP contribution is -2.39. The minimum Gasteiger partial charge on any atom is -0.396 e. The van der Waals surface area contributed by atoms with Crippen LogP contribution >= 0.6 is 11.6 Å². The van der Waals surface area contributed by atoms with Gasteiger partial charge in [0.1, 0.15) is 0 Å². The maximum absolute atomic E-state index is 12.8.